The maximum absolute atomic E-state index is 12.9. The summed E-state index contributed by atoms with van der Waals surface area (Å²) in [5, 5.41) is 0. The molecule has 5 rings (SSSR count). The highest BCUT2D eigenvalue weighted by Gasteiger charge is 2.69. The summed E-state index contributed by atoms with van der Waals surface area (Å²) in [5.41, 5.74) is 1.07. The molecule has 20 heavy (non-hydrogen) atoms. The summed E-state index contributed by atoms with van der Waals surface area (Å²) < 4.78 is 12.2. The first-order valence-corrected chi connectivity index (χ1v) is 7.81. The molecule has 0 unspecified atom stereocenters. The van der Waals surface area contributed by atoms with Crippen LogP contribution in [0.4, 0.5) is 0 Å². The number of carbonyl (C=O) groups is 1. The minimum Gasteiger partial charge on any atom is -0.347 e. The van der Waals surface area contributed by atoms with Crippen LogP contribution < -0.4 is 0 Å². The summed E-state index contributed by atoms with van der Waals surface area (Å²) in [6, 6.07) is 0. The van der Waals surface area contributed by atoms with Crippen molar-refractivity contribution in [1.29, 1.82) is 0 Å². The van der Waals surface area contributed by atoms with Crippen molar-refractivity contribution in [3.8, 4) is 0 Å². The fourth-order valence-corrected chi connectivity index (χ4v) is 5.79. The van der Waals surface area contributed by atoms with Crippen LogP contribution in [0.25, 0.3) is 0 Å². The van der Waals surface area contributed by atoms with E-state index >= 15 is 0 Å². The molecule has 0 radical (unpaired) electrons. The van der Waals surface area contributed by atoms with E-state index in [1.54, 1.807) is 0 Å². The first kappa shape index (κ1) is 13.0. The molecule has 5 aliphatic rings. The first-order chi connectivity index (χ1) is 9.29. The number of carbonyl (C=O) groups excluding carboxylic acids is 1. The van der Waals surface area contributed by atoms with E-state index in [1.165, 1.54) is 5.57 Å². The molecule has 1 heterocycles. The summed E-state index contributed by atoms with van der Waals surface area (Å²) in [6.07, 6.45) is 4.15. The lowest BCUT2D eigenvalue weighted by Gasteiger charge is -2.57. The molecule has 4 atom stereocenters. The Morgan fingerprint density at radius 1 is 1.15 bits per heavy atom. The number of hydrogen-bond acceptors (Lipinski definition) is 3. The maximum atomic E-state index is 12.9. The van der Waals surface area contributed by atoms with Gasteiger partial charge in [0.15, 0.2) is 5.79 Å². The van der Waals surface area contributed by atoms with E-state index in [9.17, 15) is 4.79 Å². The number of hydrogen-bond donors (Lipinski definition) is 0. The van der Waals surface area contributed by atoms with Crippen LogP contribution >= 0.6 is 0 Å². The topological polar surface area (TPSA) is 35.5 Å². The van der Waals surface area contributed by atoms with Crippen LogP contribution in [-0.2, 0) is 14.3 Å². The predicted molar refractivity (Wildman–Crippen MR) is 75.0 cm³/mol. The van der Waals surface area contributed by atoms with Gasteiger partial charge in [-0.25, -0.2) is 0 Å². The zero-order valence-electron chi connectivity index (χ0n) is 12.9. The van der Waals surface area contributed by atoms with E-state index < -0.39 is 5.79 Å². The third-order valence-electron chi connectivity index (χ3n) is 6.19. The second-order valence-electron chi connectivity index (χ2n) is 8.15. The maximum Gasteiger partial charge on any atom is 0.176 e. The number of rotatable bonds is 0. The van der Waals surface area contributed by atoms with Crippen LogP contribution in [-0.4, -0.2) is 24.8 Å². The van der Waals surface area contributed by atoms with Gasteiger partial charge in [0, 0.05) is 29.1 Å². The Bertz CT molecular complexity index is 512. The van der Waals surface area contributed by atoms with Crippen LogP contribution in [0.1, 0.15) is 40.5 Å². The Labute approximate surface area is 120 Å². The van der Waals surface area contributed by atoms with Crippen molar-refractivity contribution in [3.05, 3.63) is 11.6 Å². The van der Waals surface area contributed by atoms with Gasteiger partial charge < -0.3 is 9.47 Å². The van der Waals surface area contributed by atoms with Crippen LogP contribution in [0, 0.1) is 28.6 Å². The summed E-state index contributed by atoms with van der Waals surface area (Å²) >= 11 is 0. The van der Waals surface area contributed by atoms with Crippen molar-refractivity contribution in [3.63, 3.8) is 0 Å². The highest BCUT2D eigenvalue weighted by atomic mass is 16.7. The van der Waals surface area contributed by atoms with Crippen LogP contribution in [0.3, 0.4) is 0 Å². The standard InChI is InChI=1S/C17H24O3/c1-10-7-16(4)9-17(19-5-6-20-17)12(10)11-8-15(2,3)14(18)13(11)16/h7,11-13H,5-6,8-9H2,1-4H3/t11-,12+,13+,16+/m1/s1. The van der Waals surface area contributed by atoms with E-state index in [2.05, 4.69) is 33.8 Å². The molecule has 1 spiro atoms. The summed E-state index contributed by atoms with van der Waals surface area (Å²) in [6.45, 7) is 10.0. The van der Waals surface area contributed by atoms with Gasteiger partial charge in [-0.1, -0.05) is 32.4 Å². The van der Waals surface area contributed by atoms with Crippen molar-refractivity contribution < 1.29 is 14.3 Å². The molecule has 0 aromatic carbocycles. The fourth-order valence-electron chi connectivity index (χ4n) is 5.79. The van der Waals surface area contributed by atoms with Gasteiger partial charge >= 0.3 is 0 Å². The van der Waals surface area contributed by atoms with Crippen LogP contribution in [0.15, 0.2) is 11.6 Å². The van der Waals surface area contributed by atoms with Crippen LogP contribution in [0.2, 0.25) is 0 Å². The molecule has 1 aliphatic heterocycles. The average molecular weight is 276 g/mol. The van der Waals surface area contributed by atoms with Gasteiger partial charge in [-0.2, -0.15) is 0 Å². The zero-order chi connectivity index (χ0) is 14.3. The SMILES string of the molecule is CC1=C[C@@]2(C)CC3(OCCO3)[C@@H]1[C@H]1CC(C)(C)C(=O)[C@H]12. The largest absolute Gasteiger partial charge is 0.347 e. The Morgan fingerprint density at radius 3 is 2.45 bits per heavy atom. The Hall–Kier alpha value is -0.670. The molecule has 0 aromatic heterocycles. The van der Waals surface area contributed by atoms with Gasteiger partial charge in [-0.3, -0.25) is 4.79 Å². The number of Topliss-reactive ketones (excluding diaryl/α,β-unsaturated/α-hetero) is 1. The minimum atomic E-state index is -0.449. The Morgan fingerprint density at radius 2 is 1.80 bits per heavy atom. The normalized spacial score (nSPS) is 47.7. The van der Waals surface area contributed by atoms with Gasteiger partial charge in [-0.15, -0.1) is 0 Å². The molecule has 2 bridgehead atoms. The van der Waals surface area contributed by atoms with Gasteiger partial charge in [0.25, 0.3) is 0 Å². The summed E-state index contributed by atoms with van der Waals surface area (Å²) in [7, 11) is 0. The lowest BCUT2D eigenvalue weighted by molar-refractivity contribution is -0.249. The van der Waals surface area contributed by atoms with Crippen molar-refractivity contribution in [2.24, 2.45) is 28.6 Å². The Kier molecular flexibility index (Phi) is 2.32. The second kappa shape index (κ2) is 3.56. The van der Waals surface area contributed by atoms with Gasteiger partial charge in [0.2, 0.25) is 0 Å². The third-order valence-corrected chi connectivity index (χ3v) is 6.19. The second-order valence-corrected chi connectivity index (χ2v) is 8.15. The quantitative estimate of drug-likeness (QED) is 0.638. The summed E-state index contributed by atoms with van der Waals surface area (Å²) in [4.78, 5) is 12.9. The third kappa shape index (κ3) is 1.36. The predicted octanol–water partition coefficient (Wildman–Crippen LogP) is 2.95. The molecule has 110 valence electrons. The molecule has 0 aromatic rings. The molecule has 1 saturated heterocycles. The monoisotopic (exact) mass is 276 g/mol. The van der Waals surface area contributed by atoms with E-state index in [0.717, 1.165) is 12.8 Å². The average Bonchev–Trinajstić information content (AvgIpc) is 2.82. The van der Waals surface area contributed by atoms with Crippen molar-refractivity contribution in [2.75, 3.05) is 13.2 Å². The van der Waals surface area contributed by atoms with E-state index in [1.807, 2.05) is 0 Å². The molecular weight excluding hydrogens is 252 g/mol. The molecule has 0 N–H and O–H groups in total. The van der Waals surface area contributed by atoms with Crippen molar-refractivity contribution >= 4 is 5.78 Å². The van der Waals surface area contributed by atoms with Crippen molar-refractivity contribution in [1.82, 2.24) is 0 Å². The molecule has 4 aliphatic carbocycles. The van der Waals surface area contributed by atoms with Crippen molar-refractivity contribution in [2.45, 2.75) is 46.3 Å². The molecule has 3 heteroatoms. The molecular formula is C17H24O3. The van der Waals surface area contributed by atoms with E-state index in [-0.39, 0.29) is 22.7 Å². The molecule has 3 nitrogen and oxygen atoms in total. The number of ether oxygens (including phenoxy) is 2. The lowest BCUT2D eigenvalue weighted by Crippen LogP contribution is -2.59. The number of allylic oxidation sites excluding steroid dienone is 1. The van der Waals surface area contributed by atoms with Crippen LogP contribution in [0.5, 0.6) is 0 Å². The summed E-state index contributed by atoms with van der Waals surface area (Å²) in [5.74, 6) is 0.813. The van der Waals surface area contributed by atoms with Gasteiger partial charge in [0.05, 0.1) is 13.2 Å². The van der Waals surface area contributed by atoms with Gasteiger partial charge in [-0.05, 0) is 19.3 Å². The minimum absolute atomic E-state index is 0.0985. The number of ketones is 1. The smallest absolute Gasteiger partial charge is 0.176 e. The molecule has 0 amide bonds. The lowest BCUT2D eigenvalue weighted by atomic mass is 9.51. The highest BCUT2D eigenvalue weighted by molar-refractivity contribution is 5.90. The Balaban J connectivity index is 1.86. The molecule has 2 saturated carbocycles. The van der Waals surface area contributed by atoms with E-state index in [0.29, 0.717) is 24.9 Å². The first-order valence-electron chi connectivity index (χ1n) is 7.81. The molecule has 3 fully saturated rings. The van der Waals surface area contributed by atoms with Gasteiger partial charge in [0.1, 0.15) is 5.78 Å². The zero-order valence-corrected chi connectivity index (χ0v) is 12.9. The van der Waals surface area contributed by atoms with E-state index in [4.69, 9.17) is 9.47 Å². The fraction of sp³-hybridized carbons (Fsp3) is 0.824. The highest BCUT2D eigenvalue weighted by Crippen LogP contribution is 2.67.